The van der Waals surface area contributed by atoms with Crippen molar-refractivity contribution in [3.8, 4) is 17.6 Å². The Balaban J connectivity index is 1.99. The Kier molecular flexibility index (Phi) is 5.46. The first-order chi connectivity index (χ1) is 9.81. The second-order valence-corrected chi connectivity index (χ2v) is 4.57. The SMILES string of the molecule is CCc1ccc(COc2cncc(C#CCCl)c2)cc1. The molecule has 102 valence electrons. The van der Waals surface area contributed by atoms with Crippen LogP contribution in [0, 0.1) is 11.8 Å². The number of aryl methyl sites for hydroxylation is 1. The van der Waals surface area contributed by atoms with Crippen molar-refractivity contribution < 1.29 is 4.74 Å². The third kappa shape index (κ3) is 4.29. The van der Waals surface area contributed by atoms with Crippen molar-refractivity contribution in [2.24, 2.45) is 0 Å². The molecule has 2 nitrogen and oxygen atoms in total. The maximum Gasteiger partial charge on any atom is 0.139 e. The molecule has 20 heavy (non-hydrogen) atoms. The van der Waals surface area contributed by atoms with Gasteiger partial charge in [-0.1, -0.05) is 43.0 Å². The van der Waals surface area contributed by atoms with Crippen LogP contribution in [0.1, 0.15) is 23.6 Å². The van der Waals surface area contributed by atoms with E-state index in [1.165, 1.54) is 5.56 Å². The van der Waals surface area contributed by atoms with E-state index in [4.69, 9.17) is 16.3 Å². The molecule has 0 aliphatic rings. The second kappa shape index (κ2) is 7.57. The van der Waals surface area contributed by atoms with Crippen molar-refractivity contribution in [3.05, 3.63) is 59.4 Å². The number of ether oxygens (including phenoxy) is 1. The molecule has 1 aromatic heterocycles. The van der Waals surface area contributed by atoms with Gasteiger partial charge in [-0.3, -0.25) is 4.98 Å². The Morgan fingerprint density at radius 2 is 1.90 bits per heavy atom. The number of alkyl halides is 1. The van der Waals surface area contributed by atoms with Gasteiger partial charge in [0.15, 0.2) is 0 Å². The fraction of sp³-hybridized carbons (Fsp3) is 0.235. The van der Waals surface area contributed by atoms with Crippen LogP contribution in [0.3, 0.4) is 0 Å². The van der Waals surface area contributed by atoms with Crippen molar-refractivity contribution in [2.75, 3.05) is 5.88 Å². The zero-order valence-electron chi connectivity index (χ0n) is 11.4. The van der Waals surface area contributed by atoms with Crippen LogP contribution in [0.25, 0.3) is 0 Å². The largest absolute Gasteiger partial charge is 0.487 e. The minimum absolute atomic E-state index is 0.314. The molecule has 2 rings (SSSR count). The quantitative estimate of drug-likeness (QED) is 0.629. The number of hydrogen-bond donors (Lipinski definition) is 0. The van der Waals surface area contributed by atoms with Gasteiger partial charge in [-0.2, -0.15) is 0 Å². The third-order valence-corrected chi connectivity index (χ3v) is 2.98. The number of rotatable bonds is 4. The minimum atomic E-state index is 0.314. The van der Waals surface area contributed by atoms with E-state index >= 15 is 0 Å². The van der Waals surface area contributed by atoms with Crippen LogP contribution in [-0.2, 0) is 13.0 Å². The van der Waals surface area contributed by atoms with E-state index in [0.29, 0.717) is 18.2 Å². The van der Waals surface area contributed by atoms with Crippen LogP contribution in [0.5, 0.6) is 5.75 Å². The van der Waals surface area contributed by atoms with Crippen LogP contribution >= 0.6 is 11.6 Å². The van der Waals surface area contributed by atoms with Crippen LogP contribution in [-0.4, -0.2) is 10.9 Å². The smallest absolute Gasteiger partial charge is 0.139 e. The van der Waals surface area contributed by atoms with Gasteiger partial charge in [0.25, 0.3) is 0 Å². The first-order valence-corrected chi connectivity index (χ1v) is 7.05. The first-order valence-electron chi connectivity index (χ1n) is 6.52. The third-order valence-electron chi connectivity index (χ3n) is 2.85. The van der Waals surface area contributed by atoms with Crippen molar-refractivity contribution in [2.45, 2.75) is 20.0 Å². The first kappa shape index (κ1) is 14.4. The molecule has 3 heteroatoms. The van der Waals surface area contributed by atoms with E-state index in [0.717, 1.165) is 17.5 Å². The lowest BCUT2D eigenvalue weighted by Gasteiger charge is -2.06. The normalized spacial score (nSPS) is 9.70. The van der Waals surface area contributed by atoms with Crippen molar-refractivity contribution in [1.29, 1.82) is 0 Å². The van der Waals surface area contributed by atoms with Gasteiger partial charge in [-0.05, 0) is 23.6 Å². The molecule has 2 aromatic rings. The van der Waals surface area contributed by atoms with E-state index in [9.17, 15) is 0 Å². The predicted octanol–water partition coefficient (Wildman–Crippen LogP) is 3.81. The predicted molar refractivity (Wildman–Crippen MR) is 82.0 cm³/mol. The molecule has 0 aliphatic carbocycles. The number of nitrogens with zero attached hydrogens (tertiary/aromatic N) is 1. The summed E-state index contributed by atoms with van der Waals surface area (Å²) in [5.74, 6) is 6.75. The molecule has 0 unspecified atom stereocenters. The molecule has 0 atom stereocenters. The molecule has 1 heterocycles. The van der Waals surface area contributed by atoms with Gasteiger partial charge in [0.1, 0.15) is 12.4 Å². The number of benzene rings is 1. The lowest BCUT2D eigenvalue weighted by molar-refractivity contribution is 0.305. The summed E-state index contributed by atoms with van der Waals surface area (Å²) >= 11 is 5.53. The zero-order valence-corrected chi connectivity index (χ0v) is 12.2. The van der Waals surface area contributed by atoms with Crippen molar-refractivity contribution >= 4 is 11.6 Å². The zero-order chi connectivity index (χ0) is 14.2. The Bertz CT molecular complexity index is 611. The number of pyridine rings is 1. The van der Waals surface area contributed by atoms with E-state index in [-0.39, 0.29) is 0 Å². The van der Waals surface area contributed by atoms with E-state index in [2.05, 4.69) is 48.0 Å². The monoisotopic (exact) mass is 285 g/mol. The van der Waals surface area contributed by atoms with Crippen LogP contribution in [0.2, 0.25) is 0 Å². The minimum Gasteiger partial charge on any atom is -0.487 e. The van der Waals surface area contributed by atoms with Gasteiger partial charge in [0, 0.05) is 11.8 Å². The highest BCUT2D eigenvalue weighted by atomic mass is 35.5. The van der Waals surface area contributed by atoms with E-state index in [1.54, 1.807) is 12.4 Å². The second-order valence-electron chi connectivity index (χ2n) is 4.30. The Labute approximate surface area is 124 Å². The van der Waals surface area contributed by atoms with Gasteiger partial charge >= 0.3 is 0 Å². The molecule has 0 radical (unpaired) electrons. The number of halogens is 1. The summed E-state index contributed by atoms with van der Waals surface area (Å²) in [6, 6.07) is 10.3. The summed E-state index contributed by atoms with van der Waals surface area (Å²) < 4.78 is 5.72. The highest BCUT2D eigenvalue weighted by Gasteiger charge is 1.98. The maximum atomic E-state index is 5.72. The molecule has 0 aliphatic heterocycles. The number of hydrogen-bond acceptors (Lipinski definition) is 2. The summed E-state index contributed by atoms with van der Waals surface area (Å²) in [6.07, 6.45) is 4.43. The molecule has 0 saturated heterocycles. The fourth-order valence-electron chi connectivity index (χ4n) is 1.74. The lowest BCUT2D eigenvalue weighted by atomic mass is 10.1. The average molecular weight is 286 g/mol. The molecular weight excluding hydrogens is 270 g/mol. The highest BCUT2D eigenvalue weighted by molar-refractivity contribution is 6.19. The molecule has 0 spiro atoms. The summed E-state index contributed by atoms with van der Waals surface area (Å²) in [5.41, 5.74) is 3.28. The fourth-order valence-corrected chi connectivity index (χ4v) is 1.81. The molecule has 0 fully saturated rings. The van der Waals surface area contributed by atoms with Crippen molar-refractivity contribution in [3.63, 3.8) is 0 Å². The van der Waals surface area contributed by atoms with E-state index < -0.39 is 0 Å². The van der Waals surface area contributed by atoms with Crippen molar-refractivity contribution in [1.82, 2.24) is 4.98 Å². The molecule has 0 saturated carbocycles. The average Bonchev–Trinajstić information content (AvgIpc) is 2.52. The van der Waals surface area contributed by atoms with Gasteiger partial charge in [0.05, 0.1) is 12.1 Å². The van der Waals surface area contributed by atoms with Crippen LogP contribution < -0.4 is 4.74 Å². The van der Waals surface area contributed by atoms with Gasteiger partial charge in [0.2, 0.25) is 0 Å². The summed E-state index contributed by atoms with van der Waals surface area (Å²) in [4.78, 5) is 4.11. The van der Waals surface area contributed by atoms with Crippen LogP contribution in [0.15, 0.2) is 42.7 Å². The summed E-state index contributed by atoms with van der Waals surface area (Å²) in [7, 11) is 0. The molecule has 0 bridgehead atoms. The topological polar surface area (TPSA) is 22.1 Å². The Morgan fingerprint density at radius 1 is 1.15 bits per heavy atom. The highest BCUT2D eigenvalue weighted by Crippen LogP contribution is 2.13. The number of aromatic nitrogens is 1. The standard InChI is InChI=1S/C17H16ClNO/c1-2-14-5-7-15(8-6-14)13-20-17-10-16(4-3-9-18)11-19-12-17/h5-8,10-12H,2,9,13H2,1H3. The van der Waals surface area contributed by atoms with Gasteiger partial charge in [-0.15, -0.1) is 11.6 Å². The molecule has 0 N–H and O–H groups in total. The summed E-state index contributed by atoms with van der Waals surface area (Å²) in [5, 5.41) is 0. The Morgan fingerprint density at radius 3 is 2.60 bits per heavy atom. The summed E-state index contributed by atoms with van der Waals surface area (Å²) in [6.45, 7) is 2.67. The van der Waals surface area contributed by atoms with Crippen LogP contribution in [0.4, 0.5) is 0 Å². The molecule has 0 amide bonds. The Hall–Kier alpha value is -1.98. The van der Waals surface area contributed by atoms with Gasteiger partial charge in [-0.25, -0.2) is 0 Å². The maximum absolute atomic E-state index is 5.72. The van der Waals surface area contributed by atoms with Gasteiger partial charge < -0.3 is 4.74 Å². The van der Waals surface area contributed by atoms with E-state index in [1.807, 2.05) is 6.07 Å². The molecular formula is C17H16ClNO. The lowest BCUT2D eigenvalue weighted by Crippen LogP contribution is -1.96. The molecule has 1 aromatic carbocycles.